The Morgan fingerprint density at radius 2 is 1.42 bits per heavy atom. The van der Waals surface area contributed by atoms with Gasteiger partial charge in [0.05, 0.1) is 7.11 Å². The standard InChI is InChI=1S/C24H21N5O2/c1-31-21-9-5-8-20(16-21)28-24(30)29-23-15-18(11-13-26-23)17-10-12-25-22(14-17)27-19-6-3-2-4-7-19/h2-16H,1H3,(H,25,27)(H2,26,28,29,30). The molecule has 0 radical (unpaired) electrons. The summed E-state index contributed by atoms with van der Waals surface area (Å²) in [6, 6.07) is 24.1. The van der Waals surface area contributed by atoms with E-state index in [2.05, 4.69) is 25.9 Å². The molecule has 7 nitrogen and oxygen atoms in total. The number of pyridine rings is 2. The third-order valence-corrected chi connectivity index (χ3v) is 4.47. The van der Waals surface area contributed by atoms with E-state index in [1.54, 1.807) is 37.7 Å². The van der Waals surface area contributed by atoms with Crippen molar-refractivity contribution in [1.29, 1.82) is 0 Å². The van der Waals surface area contributed by atoms with Crippen LogP contribution >= 0.6 is 0 Å². The predicted molar refractivity (Wildman–Crippen MR) is 123 cm³/mol. The lowest BCUT2D eigenvalue weighted by molar-refractivity contribution is 0.262. The first-order valence-corrected chi connectivity index (χ1v) is 9.66. The molecule has 0 spiro atoms. The van der Waals surface area contributed by atoms with Crippen molar-refractivity contribution in [3.05, 3.63) is 91.3 Å². The van der Waals surface area contributed by atoms with Gasteiger partial charge in [0.15, 0.2) is 0 Å². The smallest absolute Gasteiger partial charge is 0.324 e. The number of carbonyl (C=O) groups excluding carboxylic acids is 1. The fraction of sp³-hybridized carbons (Fsp3) is 0.0417. The van der Waals surface area contributed by atoms with Gasteiger partial charge in [-0.25, -0.2) is 14.8 Å². The first-order chi connectivity index (χ1) is 15.2. The van der Waals surface area contributed by atoms with Crippen molar-refractivity contribution in [3.63, 3.8) is 0 Å². The highest BCUT2D eigenvalue weighted by molar-refractivity contribution is 5.99. The van der Waals surface area contributed by atoms with E-state index < -0.39 is 0 Å². The van der Waals surface area contributed by atoms with Gasteiger partial charge in [0.2, 0.25) is 0 Å². The first kappa shape index (κ1) is 19.9. The molecule has 0 saturated carbocycles. The van der Waals surface area contributed by atoms with Gasteiger partial charge in [-0.05, 0) is 59.7 Å². The van der Waals surface area contributed by atoms with E-state index in [4.69, 9.17) is 4.74 Å². The van der Waals surface area contributed by atoms with E-state index in [0.717, 1.165) is 22.6 Å². The molecule has 2 heterocycles. The van der Waals surface area contributed by atoms with Crippen molar-refractivity contribution in [2.75, 3.05) is 23.1 Å². The van der Waals surface area contributed by atoms with Crippen molar-refractivity contribution in [2.24, 2.45) is 0 Å². The molecule has 0 aliphatic rings. The van der Waals surface area contributed by atoms with E-state index in [9.17, 15) is 4.79 Å². The summed E-state index contributed by atoms with van der Waals surface area (Å²) in [5, 5.41) is 8.81. The number of carbonyl (C=O) groups is 1. The van der Waals surface area contributed by atoms with Gasteiger partial charge in [-0.2, -0.15) is 0 Å². The van der Waals surface area contributed by atoms with Crippen molar-refractivity contribution in [2.45, 2.75) is 0 Å². The summed E-state index contributed by atoms with van der Waals surface area (Å²) in [5.74, 6) is 1.83. The Hall–Kier alpha value is -4.39. The number of urea groups is 1. The molecule has 154 valence electrons. The van der Waals surface area contributed by atoms with Crippen LogP contribution < -0.4 is 20.7 Å². The van der Waals surface area contributed by atoms with Gasteiger partial charge >= 0.3 is 6.03 Å². The van der Waals surface area contributed by atoms with Crippen LogP contribution in [0, 0.1) is 0 Å². The van der Waals surface area contributed by atoms with Crippen LogP contribution in [0.15, 0.2) is 91.3 Å². The summed E-state index contributed by atoms with van der Waals surface area (Å²) >= 11 is 0. The van der Waals surface area contributed by atoms with Crippen LogP contribution in [0.4, 0.5) is 27.8 Å². The number of hydrogen-bond acceptors (Lipinski definition) is 5. The number of rotatable bonds is 6. The quantitative estimate of drug-likeness (QED) is 0.388. The van der Waals surface area contributed by atoms with Gasteiger partial charge in [0.25, 0.3) is 0 Å². The highest BCUT2D eigenvalue weighted by Crippen LogP contribution is 2.24. The van der Waals surface area contributed by atoms with Crippen molar-refractivity contribution >= 4 is 29.0 Å². The zero-order chi connectivity index (χ0) is 21.5. The minimum atomic E-state index is -0.390. The number of ether oxygens (including phenoxy) is 1. The van der Waals surface area contributed by atoms with Crippen LogP contribution in [-0.2, 0) is 0 Å². The van der Waals surface area contributed by atoms with Gasteiger partial charge in [-0.3, -0.25) is 5.32 Å². The number of para-hydroxylation sites is 1. The minimum Gasteiger partial charge on any atom is -0.497 e. The van der Waals surface area contributed by atoms with E-state index in [0.29, 0.717) is 17.3 Å². The van der Waals surface area contributed by atoms with E-state index >= 15 is 0 Å². The van der Waals surface area contributed by atoms with E-state index in [1.165, 1.54) is 0 Å². The molecule has 3 N–H and O–H groups in total. The third kappa shape index (κ3) is 5.36. The average Bonchev–Trinajstić information content (AvgIpc) is 2.80. The van der Waals surface area contributed by atoms with Crippen LogP contribution in [0.25, 0.3) is 11.1 Å². The minimum absolute atomic E-state index is 0.390. The molecule has 0 bridgehead atoms. The van der Waals surface area contributed by atoms with Gasteiger partial charge in [-0.15, -0.1) is 0 Å². The van der Waals surface area contributed by atoms with Gasteiger partial charge < -0.3 is 15.4 Å². The lowest BCUT2D eigenvalue weighted by Gasteiger charge is -2.10. The second-order valence-electron chi connectivity index (χ2n) is 6.66. The first-order valence-electron chi connectivity index (χ1n) is 9.66. The summed E-state index contributed by atoms with van der Waals surface area (Å²) in [7, 11) is 1.58. The van der Waals surface area contributed by atoms with Crippen LogP contribution in [0.5, 0.6) is 5.75 Å². The number of benzene rings is 2. The number of methoxy groups -OCH3 is 1. The van der Waals surface area contributed by atoms with Gasteiger partial charge in [0.1, 0.15) is 17.4 Å². The monoisotopic (exact) mass is 411 g/mol. The molecule has 0 fully saturated rings. The molecular weight excluding hydrogens is 390 g/mol. The average molecular weight is 411 g/mol. The topological polar surface area (TPSA) is 88.2 Å². The number of nitrogens with zero attached hydrogens (tertiary/aromatic N) is 2. The molecule has 2 amide bonds. The Bertz CT molecular complexity index is 1180. The fourth-order valence-electron chi connectivity index (χ4n) is 3.01. The zero-order valence-corrected chi connectivity index (χ0v) is 16.9. The summed E-state index contributed by atoms with van der Waals surface area (Å²) in [6.45, 7) is 0. The molecular formula is C24H21N5O2. The maximum atomic E-state index is 12.4. The second-order valence-corrected chi connectivity index (χ2v) is 6.66. The van der Waals surface area contributed by atoms with Gasteiger partial charge in [0, 0.05) is 29.8 Å². The maximum Gasteiger partial charge on any atom is 0.324 e. The van der Waals surface area contributed by atoms with Crippen molar-refractivity contribution in [3.8, 4) is 16.9 Å². The molecule has 7 heteroatoms. The molecule has 0 atom stereocenters. The molecule has 0 unspecified atom stereocenters. The molecule has 31 heavy (non-hydrogen) atoms. The Morgan fingerprint density at radius 3 is 2.16 bits per heavy atom. The van der Waals surface area contributed by atoms with Crippen LogP contribution in [0.2, 0.25) is 0 Å². The molecule has 4 aromatic rings. The molecule has 0 saturated heterocycles. The predicted octanol–water partition coefficient (Wildman–Crippen LogP) is 5.54. The summed E-state index contributed by atoms with van der Waals surface area (Å²) in [5.41, 5.74) is 3.44. The highest BCUT2D eigenvalue weighted by Gasteiger charge is 2.07. The zero-order valence-electron chi connectivity index (χ0n) is 16.9. The number of anilines is 4. The van der Waals surface area contributed by atoms with E-state index in [-0.39, 0.29) is 6.03 Å². The Balaban J connectivity index is 1.46. The lowest BCUT2D eigenvalue weighted by atomic mass is 10.1. The van der Waals surface area contributed by atoms with Crippen LogP contribution in [0.3, 0.4) is 0 Å². The number of hydrogen-bond donors (Lipinski definition) is 3. The van der Waals surface area contributed by atoms with E-state index in [1.807, 2.05) is 60.7 Å². The summed E-state index contributed by atoms with van der Waals surface area (Å²) in [4.78, 5) is 21.0. The number of amides is 2. The highest BCUT2D eigenvalue weighted by atomic mass is 16.5. The molecule has 4 rings (SSSR count). The summed E-state index contributed by atoms with van der Waals surface area (Å²) < 4.78 is 5.17. The third-order valence-electron chi connectivity index (χ3n) is 4.47. The maximum absolute atomic E-state index is 12.4. The SMILES string of the molecule is COc1cccc(NC(=O)Nc2cc(-c3ccnc(Nc4ccccc4)c3)ccn2)c1. The molecule has 2 aromatic carbocycles. The summed E-state index contributed by atoms with van der Waals surface area (Å²) in [6.07, 6.45) is 3.39. The molecule has 0 aliphatic carbocycles. The lowest BCUT2D eigenvalue weighted by Crippen LogP contribution is -2.20. The largest absolute Gasteiger partial charge is 0.497 e. The van der Waals surface area contributed by atoms with Crippen molar-refractivity contribution in [1.82, 2.24) is 9.97 Å². The molecule has 2 aromatic heterocycles. The Kier molecular flexibility index (Phi) is 6.04. The number of aromatic nitrogens is 2. The molecule has 0 aliphatic heterocycles. The Labute approximate surface area is 180 Å². The van der Waals surface area contributed by atoms with Crippen molar-refractivity contribution < 1.29 is 9.53 Å². The van der Waals surface area contributed by atoms with Gasteiger partial charge in [-0.1, -0.05) is 24.3 Å². The fourth-order valence-corrected chi connectivity index (χ4v) is 3.01. The Morgan fingerprint density at radius 1 is 0.742 bits per heavy atom. The van der Waals surface area contributed by atoms with Crippen LogP contribution in [-0.4, -0.2) is 23.1 Å². The normalized spacial score (nSPS) is 10.2. The second kappa shape index (κ2) is 9.41. The number of nitrogens with one attached hydrogen (secondary N) is 3. The van der Waals surface area contributed by atoms with Crippen LogP contribution in [0.1, 0.15) is 0 Å².